The highest BCUT2D eigenvalue weighted by molar-refractivity contribution is 5.51. The summed E-state index contributed by atoms with van der Waals surface area (Å²) in [6.45, 7) is 7.39. The monoisotopic (exact) mass is 149 g/mol. The van der Waals surface area contributed by atoms with Gasteiger partial charge in [0.25, 0.3) is 0 Å². The van der Waals surface area contributed by atoms with Crippen LogP contribution in [-0.2, 0) is 0 Å². The van der Waals surface area contributed by atoms with Gasteiger partial charge in [-0.1, -0.05) is 6.58 Å². The van der Waals surface area contributed by atoms with Crippen LogP contribution in [0.5, 0.6) is 5.75 Å². The van der Waals surface area contributed by atoms with Crippen LogP contribution in [0.2, 0.25) is 0 Å². The van der Waals surface area contributed by atoms with Crippen LogP contribution in [0.25, 0.3) is 6.08 Å². The first-order valence-corrected chi connectivity index (χ1v) is 3.44. The molecule has 0 radical (unpaired) electrons. The fourth-order valence-electron chi connectivity index (χ4n) is 0.914. The predicted octanol–water partition coefficient (Wildman–Crippen LogP) is 2.05. The maximum absolute atomic E-state index is 9.22. The summed E-state index contributed by atoms with van der Waals surface area (Å²) in [5, 5.41) is 9.22. The van der Waals surface area contributed by atoms with Crippen molar-refractivity contribution in [2.75, 3.05) is 0 Å². The molecule has 1 N–H and O–H groups in total. The Balaban J connectivity index is 3.36. The minimum atomic E-state index is 0.244. The number of hydrogen-bond acceptors (Lipinski definition) is 2. The van der Waals surface area contributed by atoms with Crippen LogP contribution < -0.4 is 0 Å². The van der Waals surface area contributed by atoms with Gasteiger partial charge in [0.1, 0.15) is 5.75 Å². The largest absolute Gasteiger partial charge is 0.506 e. The summed E-state index contributed by atoms with van der Waals surface area (Å²) in [6, 6.07) is 0. The summed E-state index contributed by atoms with van der Waals surface area (Å²) in [7, 11) is 0. The molecule has 2 nitrogen and oxygen atoms in total. The Hall–Kier alpha value is -1.31. The van der Waals surface area contributed by atoms with Gasteiger partial charge in [-0.25, -0.2) is 0 Å². The Kier molecular flexibility index (Phi) is 1.94. The van der Waals surface area contributed by atoms with Crippen LogP contribution in [0.15, 0.2) is 12.8 Å². The zero-order valence-electron chi connectivity index (χ0n) is 6.76. The van der Waals surface area contributed by atoms with Crippen molar-refractivity contribution in [3.8, 4) is 5.75 Å². The number of nitrogens with zero attached hydrogens (tertiary/aromatic N) is 1. The summed E-state index contributed by atoms with van der Waals surface area (Å²) in [5.74, 6) is 0.244. The standard InChI is InChI=1S/C9H11NO/c1-4-8-6(2)7(3)9(11)5-10-8/h4-5,11H,1H2,2-3H3. The molecule has 2 heteroatoms. The zero-order chi connectivity index (χ0) is 8.43. The molecule has 0 aliphatic rings. The van der Waals surface area contributed by atoms with Crippen LogP contribution >= 0.6 is 0 Å². The van der Waals surface area contributed by atoms with Gasteiger partial charge in [0.15, 0.2) is 0 Å². The van der Waals surface area contributed by atoms with E-state index in [0.29, 0.717) is 0 Å². The molecule has 0 fully saturated rings. The van der Waals surface area contributed by atoms with E-state index in [2.05, 4.69) is 11.6 Å². The molecule has 58 valence electrons. The Bertz CT molecular complexity index is 292. The van der Waals surface area contributed by atoms with Gasteiger partial charge in [-0.15, -0.1) is 0 Å². The third-order valence-electron chi connectivity index (χ3n) is 1.85. The number of aromatic hydroxyl groups is 1. The lowest BCUT2D eigenvalue weighted by molar-refractivity contribution is 0.467. The van der Waals surface area contributed by atoms with Crippen LogP contribution in [0.1, 0.15) is 16.8 Å². The minimum absolute atomic E-state index is 0.244. The van der Waals surface area contributed by atoms with E-state index in [1.165, 1.54) is 6.20 Å². The first-order valence-electron chi connectivity index (χ1n) is 3.44. The van der Waals surface area contributed by atoms with Gasteiger partial charge in [-0.3, -0.25) is 4.98 Å². The molecule has 11 heavy (non-hydrogen) atoms. The minimum Gasteiger partial charge on any atom is -0.506 e. The molecular formula is C9H11NO. The van der Waals surface area contributed by atoms with Crippen molar-refractivity contribution in [2.45, 2.75) is 13.8 Å². The second-order valence-corrected chi connectivity index (χ2v) is 2.48. The average molecular weight is 149 g/mol. The molecule has 0 saturated heterocycles. The van der Waals surface area contributed by atoms with Crippen molar-refractivity contribution in [3.05, 3.63) is 29.6 Å². The molecule has 1 aromatic rings. The number of hydrogen-bond donors (Lipinski definition) is 1. The van der Waals surface area contributed by atoms with Crippen LogP contribution in [0.4, 0.5) is 0 Å². The number of rotatable bonds is 1. The summed E-state index contributed by atoms with van der Waals surface area (Å²) < 4.78 is 0. The van der Waals surface area contributed by atoms with Crippen molar-refractivity contribution in [1.82, 2.24) is 4.98 Å². The van der Waals surface area contributed by atoms with E-state index in [0.717, 1.165) is 16.8 Å². The summed E-state index contributed by atoms with van der Waals surface area (Å²) >= 11 is 0. The van der Waals surface area contributed by atoms with Crippen molar-refractivity contribution in [1.29, 1.82) is 0 Å². The lowest BCUT2D eigenvalue weighted by Crippen LogP contribution is -1.89. The highest BCUT2D eigenvalue weighted by Crippen LogP contribution is 2.20. The van der Waals surface area contributed by atoms with Gasteiger partial charge >= 0.3 is 0 Å². The highest BCUT2D eigenvalue weighted by Gasteiger charge is 2.02. The van der Waals surface area contributed by atoms with Crippen LogP contribution in [-0.4, -0.2) is 10.1 Å². The van der Waals surface area contributed by atoms with E-state index in [1.54, 1.807) is 6.08 Å². The number of pyridine rings is 1. The fraction of sp³-hybridized carbons (Fsp3) is 0.222. The van der Waals surface area contributed by atoms with Gasteiger partial charge in [-0.05, 0) is 31.1 Å². The second kappa shape index (κ2) is 2.74. The topological polar surface area (TPSA) is 33.1 Å². The lowest BCUT2D eigenvalue weighted by Gasteiger charge is -2.04. The highest BCUT2D eigenvalue weighted by atomic mass is 16.3. The van der Waals surface area contributed by atoms with E-state index in [-0.39, 0.29) is 5.75 Å². The maximum atomic E-state index is 9.22. The van der Waals surface area contributed by atoms with Crippen molar-refractivity contribution in [3.63, 3.8) is 0 Å². The maximum Gasteiger partial charge on any atom is 0.137 e. The first-order chi connectivity index (χ1) is 5.16. The predicted molar refractivity (Wildman–Crippen MR) is 45.5 cm³/mol. The third kappa shape index (κ3) is 1.24. The molecule has 0 unspecified atom stereocenters. The summed E-state index contributed by atoms with van der Waals surface area (Å²) in [6.07, 6.45) is 3.13. The Morgan fingerprint density at radius 1 is 1.45 bits per heavy atom. The van der Waals surface area contributed by atoms with Gasteiger partial charge in [-0.2, -0.15) is 0 Å². The molecule has 0 amide bonds. The van der Waals surface area contributed by atoms with Crippen molar-refractivity contribution >= 4 is 6.08 Å². The van der Waals surface area contributed by atoms with E-state index >= 15 is 0 Å². The molecule has 1 aromatic heterocycles. The number of aromatic nitrogens is 1. The van der Waals surface area contributed by atoms with E-state index in [4.69, 9.17) is 0 Å². The molecule has 1 heterocycles. The summed E-state index contributed by atoms with van der Waals surface area (Å²) in [5.41, 5.74) is 2.69. The average Bonchev–Trinajstić information content (AvgIpc) is 2.01. The third-order valence-corrected chi connectivity index (χ3v) is 1.85. The first kappa shape index (κ1) is 7.79. The molecule has 0 aromatic carbocycles. The Morgan fingerprint density at radius 2 is 2.09 bits per heavy atom. The van der Waals surface area contributed by atoms with Gasteiger partial charge in [0.05, 0.1) is 11.9 Å². The molecule has 0 atom stereocenters. The molecule has 1 rings (SSSR count). The molecular weight excluding hydrogens is 138 g/mol. The molecule has 0 spiro atoms. The smallest absolute Gasteiger partial charge is 0.137 e. The van der Waals surface area contributed by atoms with Gasteiger partial charge in [0, 0.05) is 0 Å². The molecule has 0 aliphatic heterocycles. The second-order valence-electron chi connectivity index (χ2n) is 2.48. The lowest BCUT2D eigenvalue weighted by atomic mass is 10.1. The van der Waals surface area contributed by atoms with Gasteiger partial charge < -0.3 is 5.11 Å². The Labute approximate surface area is 66.2 Å². The van der Waals surface area contributed by atoms with E-state index < -0.39 is 0 Å². The van der Waals surface area contributed by atoms with Crippen molar-refractivity contribution < 1.29 is 5.11 Å². The van der Waals surface area contributed by atoms with E-state index in [1.807, 2.05) is 13.8 Å². The zero-order valence-corrected chi connectivity index (χ0v) is 6.76. The molecule has 0 aliphatic carbocycles. The molecule has 0 bridgehead atoms. The Morgan fingerprint density at radius 3 is 2.64 bits per heavy atom. The van der Waals surface area contributed by atoms with Crippen molar-refractivity contribution in [2.24, 2.45) is 0 Å². The fourth-order valence-corrected chi connectivity index (χ4v) is 0.914. The van der Waals surface area contributed by atoms with Crippen LogP contribution in [0, 0.1) is 13.8 Å². The van der Waals surface area contributed by atoms with Crippen LogP contribution in [0.3, 0.4) is 0 Å². The SMILES string of the molecule is C=Cc1ncc(O)c(C)c1C. The summed E-state index contributed by atoms with van der Waals surface area (Å²) in [4.78, 5) is 3.99. The van der Waals surface area contributed by atoms with Gasteiger partial charge in [0.2, 0.25) is 0 Å². The molecule has 0 saturated carbocycles. The normalized spacial score (nSPS) is 9.64. The quantitative estimate of drug-likeness (QED) is 0.662. The van der Waals surface area contributed by atoms with E-state index in [9.17, 15) is 5.11 Å².